The van der Waals surface area contributed by atoms with Gasteiger partial charge in [0.05, 0.1) is 29.9 Å². The second-order valence-corrected chi connectivity index (χ2v) is 19.1. The number of carbonyl (C=O) groups excluding carboxylic acids is 1. The number of nitriles is 1. The number of amides is 1. The number of allylic oxidation sites excluding steroid dienone is 1. The summed E-state index contributed by atoms with van der Waals surface area (Å²) < 4.78 is 36.0. The van der Waals surface area contributed by atoms with E-state index in [9.17, 15) is 19.9 Å². The van der Waals surface area contributed by atoms with Crippen LogP contribution >= 0.6 is 0 Å². The maximum Gasteiger partial charge on any atom is 0.254 e. The minimum absolute atomic E-state index is 0.0190. The van der Waals surface area contributed by atoms with Gasteiger partial charge in [-0.3, -0.25) is 4.79 Å². The standard InChI is InChI=1S/C57H62FN3O7/c1-5-31-66-57-52(61(55(64)40-25-23-38(35-59)24-26-40)36-42-19-14-18-39-15-6-8-20-45(39)42)34-50(60-68-56(2,3)4)47-32-41(16-10-12-29-62)46(21-11-13-30-63)53(54(47)57)48-33-44(27-28-51(48)67-57)65-37-43-17-7-9-22-49(43)58/h5-9,14-15,17-20,22-28,32-33,41,46,52-54,62-63H,1,10-13,16,21,29-31,34,36-37H2,2-4H3. The molecule has 0 radical (unpaired) electrons. The second kappa shape index (κ2) is 21.3. The summed E-state index contributed by atoms with van der Waals surface area (Å²) in [5.74, 6) is -1.90. The third-order valence-corrected chi connectivity index (χ3v) is 13.5. The Kier molecular flexibility index (Phi) is 15.1. The van der Waals surface area contributed by atoms with Crippen molar-refractivity contribution in [2.24, 2.45) is 22.9 Å². The molecular weight excluding hydrogens is 858 g/mol. The summed E-state index contributed by atoms with van der Waals surface area (Å²) in [5.41, 5.74) is 4.01. The van der Waals surface area contributed by atoms with Crippen LogP contribution in [-0.4, -0.2) is 64.0 Å². The third kappa shape index (κ3) is 10.2. The maximum absolute atomic E-state index is 15.6. The smallest absolute Gasteiger partial charge is 0.254 e. The van der Waals surface area contributed by atoms with Crippen molar-refractivity contribution in [3.8, 4) is 17.6 Å². The first-order chi connectivity index (χ1) is 33.0. The van der Waals surface area contributed by atoms with Crippen LogP contribution in [0.2, 0.25) is 0 Å². The first kappa shape index (κ1) is 48.1. The lowest BCUT2D eigenvalue weighted by atomic mass is 9.55. The van der Waals surface area contributed by atoms with Crippen molar-refractivity contribution in [3.63, 3.8) is 0 Å². The summed E-state index contributed by atoms with van der Waals surface area (Å²) in [5, 5.41) is 36.9. The molecule has 1 amide bonds. The number of nitrogens with zero attached hydrogens (tertiary/aromatic N) is 3. The van der Waals surface area contributed by atoms with E-state index in [0.29, 0.717) is 46.7 Å². The molecule has 1 saturated carbocycles. The van der Waals surface area contributed by atoms with E-state index in [2.05, 4.69) is 36.9 Å². The normalized spacial score (nSPS) is 22.3. The largest absolute Gasteiger partial charge is 0.489 e. The molecule has 1 aliphatic heterocycles. The quantitative estimate of drug-likeness (QED) is 0.0475. The van der Waals surface area contributed by atoms with Gasteiger partial charge in [0.2, 0.25) is 5.79 Å². The summed E-state index contributed by atoms with van der Waals surface area (Å²) >= 11 is 0. The fourth-order valence-electron chi connectivity index (χ4n) is 10.5. The lowest BCUT2D eigenvalue weighted by Crippen LogP contribution is -2.70. The van der Waals surface area contributed by atoms with Gasteiger partial charge in [0.15, 0.2) is 0 Å². The van der Waals surface area contributed by atoms with Crippen molar-refractivity contribution < 1.29 is 38.4 Å². The van der Waals surface area contributed by atoms with Gasteiger partial charge in [-0.05, 0) is 129 Å². The predicted molar refractivity (Wildman–Crippen MR) is 262 cm³/mol. The van der Waals surface area contributed by atoms with E-state index in [1.165, 1.54) is 6.07 Å². The summed E-state index contributed by atoms with van der Waals surface area (Å²) in [6, 6.07) is 34.6. The van der Waals surface area contributed by atoms with Crippen molar-refractivity contribution in [3.05, 3.63) is 167 Å². The lowest BCUT2D eigenvalue weighted by Gasteiger charge is -2.60. The van der Waals surface area contributed by atoms with Crippen LogP contribution in [0.4, 0.5) is 4.39 Å². The fraction of sp³-hybridized carbons (Fsp3) is 0.386. The van der Waals surface area contributed by atoms with E-state index >= 15 is 4.79 Å². The van der Waals surface area contributed by atoms with Crippen molar-refractivity contribution in [2.75, 3.05) is 19.8 Å². The highest BCUT2D eigenvalue weighted by Crippen LogP contribution is 2.62. The van der Waals surface area contributed by atoms with Crippen LogP contribution in [0, 0.1) is 34.9 Å². The Labute approximate surface area is 399 Å². The van der Waals surface area contributed by atoms with Gasteiger partial charge in [0, 0.05) is 48.8 Å². The number of ether oxygens (including phenoxy) is 3. The van der Waals surface area contributed by atoms with Crippen LogP contribution < -0.4 is 9.47 Å². The van der Waals surface area contributed by atoms with E-state index in [4.69, 9.17) is 24.2 Å². The van der Waals surface area contributed by atoms with Crippen LogP contribution in [0.25, 0.3) is 10.8 Å². The molecule has 2 N–H and O–H groups in total. The van der Waals surface area contributed by atoms with Crippen molar-refractivity contribution in [1.82, 2.24) is 4.90 Å². The average Bonchev–Trinajstić information content (AvgIpc) is 3.34. The van der Waals surface area contributed by atoms with Gasteiger partial charge in [-0.15, -0.1) is 6.58 Å². The van der Waals surface area contributed by atoms with Gasteiger partial charge in [-0.25, -0.2) is 4.39 Å². The molecule has 1 fully saturated rings. The Morgan fingerprint density at radius 2 is 1.66 bits per heavy atom. The number of oxime groups is 1. The molecule has 354 valence electrons. The van der Waals surface area contributed by atoms with E-state index in [1.54, 1.807) is 48.5 Å². The van der Waals surface area contributed by atoms with Gasteiger partial charge in [0.25, 0.3) is 5.91 Å². The van der Waals surface area contributed by atoms with E-state index in [0.717, 1.165) is 53.2 Å². The van der Waals surface area contributed by atoms with E-state index < -0.39 is 23.3 Å². The number of rotatable bonds is 19. The monoisotopic (exact) mass is 919 g/mol. The van der Waals surface area contributed by atoms with Gasteiger partial charge in [-0.2, -0.15) is 5.26 Å². The Morgan fingerprint density at radius 3 is 2.40 bits per heavy atom. The second-order valence-electron chi connectivity index (χ2n) is 19.1. The molecule has 5 aromatic rings. The Balaban J connectivity index is 1.38. The lowest BCUT2D eigenvalue weighted by molar-refractivity contribution is -0.255. The SMILES string of the molecule is C=CCOC12Oc3ccc(OCc4ccccc4F)cc3C3C(CCCCO)C(CCCCO)C=C(C(=NOC(C)(C)C)CC1N(Cc1cccc4ccccc14)C(=O)c1ccc(C#N)cc1)C32. The van der Waals surface area contributed by atoms with Crippen LogP contribution in [0.1, 0.15) is 104 Å². The molecule has 10 nitrogen and oxygen atoms in total. The molecule has 2 aliphatic carbocycles. The summed E-state index contributed by atoms with van der Waals surface area (Å²) in [4.78, 5) is 23.8. The van der Waals surface area contributed by atoms with Gasteiger partial charge < -0.3 is 34.2 Å². The van der Waals surface area contributed by atoms with Gasteiger partial charge >= 0.3 is 0 Å². The first-order valence-electron chi connectivity index (χ1n) is 23.9. The highest BCUT2D eigenvalue weighted by Gasteiger charge is 2.65. The van der Waals surface area contributed by atoms with Crippen molar-refractivity contribution in [2.45, 2.75) is 102 Å². The molecular formula is C57H62FN3O7. The Hall–Kier alpha value is -6.32. The topological polar surface area (TPSA) is 134 Å². The molecule has 0 saturated heterocycles. The number of carbonyl (C=O) groups is 1. The average molecular weight is 920 g/mol. The molecule has 8 rings (SSSR count). The third-order valence-electron chi connectivity index (χ3n) is 13.5. The zero-order valence-corrected chi connectivity index (χ0v) is 39.3. The molecule has 0 spiro atoms. The Bertz CT molecular complexity index is 2680. The van der Waals surface area contributed by atoms with Crippen LogP contribution in [0.15, 0.2) is 139 Å². The molecule has 5 aromatic carbocycles. The summed E-state index contributed by atoms with van der Waals surface area (Å²) in [7, 11) is 0. The molecule has 0 bridgehead atoms. The number of benzene rings is 5. The minimum atomic E-state index is -1.52. The number of aliphatic hydroxyl groups excluding tert-OH is 2. The van der Waals surface area contributed by atoms with Gasteiger partial charge in [-0.1, -0.05) is 90.8 Å². The van der Waals surface area contributed by atoms with E-state index in [1.807, 2.05) is 68.1 Å². The number of hydrogen-bond acceptors (Lipinski definition) is 9. The van der Waals surface area contributed by atoms with Crippen molar-refractivity contribution in [1.29, 1.82) is 5.26 Å². The highest BCUT2D eigenvalue weighted by molar-refractivity contribution is 6.03. The first-order valence-corrected chi connectivity index (χ1v) is 23.9. The molecule has 0 aromatic heterocycles. The van der Waals surface area contributed by atoms with Gasteiger partial charge in [0.1, 0.15) is 35.6 Å². The van der Waals surface area contributed by atoms with Crippen LogP contribution in [-0.2, 0) is 22.7 Å². The molecule has 68 heavy (non-hydrogen) atoms. The maximum atomic E-state index is 15.6. The number of fused-ring (bicyclic) bond motifs is 3. The number of halogens is 1. The molecule has 6 atom stereocenters. The number of aliphatic hydroxyl groups is 2. The summed E-state index contributed by atoms with van der Waals surface area (Å²) in [6.45, 7) is 10.4. The van der Waals surface area contributed by atoms with Crippen LogP contribution in [0.3, 0.4) is 0 Å². The summed E-state index contributed by atoms with van der Waals surface area (Å²) in [6.07, 6.45) is 8.58. The minimum Gasteiger partial charge on any atom is -0.489 e. The van der Waals surface area contributed by atoms with E-state index in [-0.39, 0.29) is 68.9 Å². The molecule has 3 aliphatic rings. The molecule has 1 heterocycles. The Morgan fingerprint density at radius 1 is 0.941 bits per heavy atom. The molecule has 6 unspecified atom stereocenters. The highest BCUT2D eigenvalue weighted by atomic mass is 19.1. The molecule has 11 heteroatoms. The predicted octanol–water partition coefficient (Wildman–Crippen LogP) is 11.2. The fourth-order valence-corrected chi connectivity index (χ4v) is 10.5. The number of unbranched alkanes of at least 4 members (excludes halogenated alkanes) is 2. The van der Waals surface area contributed by atoms with Crippen molar-refractivity contribution >= 4 is 22.4 Å². The van der Waals surface area contributed by atoms with Crippen LogP contribution in [0.5, 0.6) is 11.5 Å². The zero-order valence-electron chi connectivity index (χ0n) is 39.3. The number of hydrogen-bond donors (Lipinski definition) is 2. The zero-order chi connectivity index (χ0) is 47.8.